The molecule has 7 aliphatic rings. The molecule has 1 aromatic rings. The molecule has 15 atom stereocenters. The second-order valence-electron chi connectivity index (χ2n) is 26.9. The number of hydrogen-bond acceptors (Lipinski definition) is 18. The molecule has 4 saturated carbocycles. The Morgan fingerprint density at radius 1 is 0.819 bits per heavy atom. The number of carbonyl (C=O) groups excluding carboxylic acids is 8. The second-order valence-corrected chi connectivity index (χ2v) is 26.9. The number of rotatable bonds is 39. The van der Waals surface area contributed by atoms with E-state index in [-0.39, 0.29) is 114 Å². The highest BCUT2D eigenvalue weighted by Crippen LogP contribution is 2.72. The van der Waals surface area contributed by atoms with Gasteiger partial charge in [0, 0.05) is 67.9 Å². The van der Waals surface area contributed by atoms with Crippen molar-refractivity contribution >= 4 is 47.1 Å². The molecule has 5 fully saturated rings. The molecule has 2 unspecified atom stereocenters. The number of Topliss-reactive ketones (excluding diaryl/α,β-unsaturated/α-hetero) is 3. The van der Waals surface area contributed by atoms with Crippen LogP contribution in [-0.4, -0.2) is 180 Å². The number of allylic oxidation sites excluding steroid dienone is 4. The van der Waals surface area contributed by atoms with E-state index in [0.29, 0.717) is 94.3 Å². The lowest BCUT2D eigenvalue weighted by Crippen LogP contribution is -2.71. The minimum Gasteiger partial charge on any atom is -0.461 e. The minimum atomic E-state index is -2.35. The highest BCUT2D eigenvalue weighted by atomic mass is 19.1. The number of benzene rings is 1. The molecular formula is C70H98F2N4O18. The summed E-state index contributed by atoms with van der Waals surface area (Å²) in [5.74, 6) is 2.90. The van der Waals surface area contributed by atoms with Crippen LogP contribution in [0.2, 0.25) is 0 Å². The summed E-state index contributed by atoms with van der Waals surface area (Å²) in [5.41, 5.74) is -0.308. The molecule has 0 bridgehead atoms. The molecule has 1 heterocycles. The third-order valence-corrected chi connectivity index (χ3v) is 20.5. The lowest BCUT2D eigenvalue weighted by molar-refractivity contribution is -0.235. The smallest absolute Gasteiger partial charge is 0.407 e. The number of nitrogens with two attached hydrogens (primary N) is 1. The van der Waals surface area contributed by atoms with Gasteiger partial charge in [-0.2, -0.15) is 0 Å². The summed E-state index contributed by atoms with van der Waals surface area (Å²) >= 11 is 0. The summed E-state index contributed by atoms with van der Waals surface area (Å²) < 4.78 is 86.0. The van der Waals surface area contributed by atoms with E-state index in [2.05, 4.69) is 27.8 Å². The van der Waals surface area contributed by atoms with Gasteiger partial charge in [-0.1, -0.05) is 64.5 Å². The highest BCUT2D eigenvalue weighted by molar-refractivity contribution is 6.01. The summed E-state index contributed by atoms with van der Waals surface area (Å²) in [6, 6.07) is 5.12. The Bertz CT molecular complexity index is 2920. The van der Waals surface area contributed by atoms with Crippen molar-refractivity contribution in [3.63, 3.8) is 0 Å². The molecule has 0 spiro atoms. The first kappa shape index (κ1) is 73.8. The zero-order valence-electron chi connectivity index (χ0n) is 55.2. The van der Waals surface area contributed by atoms with Gasteiger partial charge in [-0.05, 0) is 117 Å². The minimum absolute atomic E-state index is 0.00319. The number of ketones is 4. The quantitative estimate of drug-likeness (QED) is 0.0257. The number of nitrogens with one attached hydrogen (secondary N) is 3. The van der Waals surface area contributed by atoms with Gasteiger partial charge < -0.3 is 69.4 Å². The predicted molar refractivity (Wildman–Crippen MR) is 337 cm³/mol. The number of alkyl halides is 2. The fourth-order valence-electron chi connectivity index (χ4n) is 15.4. The van der Waals surface area contributed by atoms with Gasteiger partial charge in [-0.25, -0.2) is 18.4 Å². The summed E-state index contributed by atoms with van der Waals surface area (Å²) in [6.45, 7) is 11.4. The van der Waals surface area contributed by atoms with E-state index >= 15 is 8.78 Å². The van der Waals surface area contributed by atoms with Crippen LogP contribution in [0.5, 0.6) is 0 Å². The molecule has 94 heavy (non-hydrogen) atoms. The SMILES string of the molecule is CCCC1O[C@@H]2C[C@H]3[C@@H]4C[C@H](F)C5=CC(=O)C=C[C@]5(C)[C@@]4(F)[C@@H](O)C[C@]3(C)[C@]2(C(=O)COCCC(=O)OCc2ccc(CC(=O)[C@H](CCCNC(N)=O)NC(=O)[C@@H](CC(=O)CCOCCOCCOCCOCCNC(=O)OCC3[C@H]4CCC#CCC[C@@H]34)C(C)C)cc2)O1. The lowest BCUT2D eigenvalue weighted by Gasteiger charge is -2.63. The molecule has 6 aliphatic carbocycles. The van der Waals surface area contributed by atoms with Crippen LogP contribution < -0.4 is 21.7 Å². The van der Waals surface area contributed by atoms with Crippen molar-refractivity contribution in [2.24, 2.45) is 58.0 Å². The van der Waals surface area contributed by atoms with Gasteiger partial charge in [0.1, 0.15) is 25.2 Å². The van der Waals surface area contributed by atoms with Crippen molar-refractivity contribution in [1.82, 2.24) is 16.0 Å². The average molecular weight is 1320 g/mol. The molecule has 520 valence electrons. The fourth-order valence-corrected chi connectivity index (χ4v) is 15.4. The van der Waals surface area contributed by atoms with Crippen LogP contribution in [0.3, 0.4) is 0 Å². The second kappa shape index (κ2) is 34.3. The van der Waals surface area contributed by atoms with Gasteiger partial charge in [0.15, 0.2) is 34.9 Å². The number of carbonyl (C=O) groups is 8. The Morgan fingerprint density at radius 2 is 1.47 bits per heavy atom. The maximum absolute atomic E-state index is 17.9. The Kier molecular flexibility index (Phi) is 26.9. The highest BCUT2D eigenvalue weighted by Gasteiger charge is 2.80. The van der Waals surface area contributed by atoms with Gasteiger partial charge >= 0.3 is 18.1 Å². The van der Waals surface area contributed by atoms with Gasteiger partial charge in [0.25, 0.3) is 0 Å². The number of alkyl carbamates (subject to hydrolysis) is 1. The Balaban J connectivity index is 0.704. The van der Waals surface area contributed by atoms with E-state index in [0.717, 1.165) is 31.8 Å². The van der Waals surface area contributed by atoms with Gasteiger partial charge in [-0.3, -0.25) is 28.8 Å². The van der Waals surface area contributed by atoms with Crippen molar-refractivity contribution in [1.29, 1.82) is 0 Å². The number of urea groups is 1. The van der Waals surface area contributed by atoms with Crippen LogP contribution in [0, 0.1) is 64.1 Å². The summed E-state index contributed by atoms with van der Waals surface area (Å²) in [7, 11) is 0. The number of halogens is 2. The normalized spacial score (nSPS) is 30.1. The van der Waals surface area contributed by atoms with E-state index < -0.39 is 113 Å². The number of esters is 1. The molecule has 1 aromatic carbocycles. The number of hydrogen-bond donors (Lipinski definition) is 5. The maximum Gasteiger partial charge on any atom is 0.407 e. The van der Waals surface area contributed by atoms with E-state index in [1.165, 1.54) is 19.1 Å². The number of aliphatic hydroxyl groups is 1. The fraction of sp³-hybridized carbons (Fsp3) is 0.714. The standard InChI is InChI=1S/C70H98F2N4O18/c1-6-12-63-93-61-39-53-54-38-56(71)55-37-47(77)20-23-67(55,4)69(54,72)59(80)40-68(53,5)70(61,94-63)60(81)43-90-27-22-62(82)91-41-46-18-16-45(17-19-46)35-58(79)57(15-11-24-74-65(73)84)76-64(83)51(44(2)3)36-48(78)21-26-86-29-31-88-33-34-89-32-30-87-28-25-75-66(85)92-42-52-49-13-9-7-8-10-14-50(49)52/h16-20,23,37,44,49-54,56-57,59,61,63,80H,6,9-15,21-22,24-36,38-43H2,1-5H3,(H,75,85)(H,76,83)(H3,73,74,84)/t49-,50+,51-,52?,53-,54-,56-,57-,59-,61+,63?,67-,68-,69-,70+/m0/s1. The molecule has 0 radical (unpaired) electrons. The molecule has 4 amide bonds. The average Bonchev–Trinajstić information content (AvgIpc) is 1.41. The van der Waals surface area contributed by atoms with Crippen LogP contribution in [-0.2, 0) is 84.4 Å². The number of fused-ring (bicyclic) bond motifs is 8. The first-order valence-corrected chi connectivity index (χ1v) is 33.8. The number of primary amides is 1. The zero-order valence-corrected chi connectivity index (χ0v) is 55.2. The first-order chi connectivity index (χ1) is 45.1. The molecule has 1 aliphatic heterocycles. The summed E-state index contributed by atoms with van der Waals surface area (Å²) in [5, 5.41) is 20.0. The van der Waals surface area contributed by atoms with E-state index in [4.69, 9.17) is 48.4 Å². The van der Waals surface area contributed by atoms with Crippen LogP contribution >= 0.6 is 0 Å². The largest absolute Gasteiger partial charge is 0.461 e. The van der Waals surface area contributed by atoms with Crippen molar-refractivity contribution in [2.45, 2.75) is 180 Å². The molecule has 22 nitrogen and oxygen atoms in total. The van der Waals surface area contributed by atoms with Crippen molar-refractivity contribution < 1.29 is 94.9 Å². The van der Waals surface area contributed by atoms with Gasteiger partial charge in [0.2, 0.25) is 5.91 Å². The van der Waals surface area contributed by atoms with E-state index in [1.54, 1.807) is 31.2 Å². The van der Waals surface area contributed by atoms with Crippen molar-refractivity contribution in [3.05, 3.63) is 59.2 Å². The zero-order chi connectivity index (χ0) is 67.6. The summed E-state index contributed by atoms with van der Waals surface area (Å²) in [4.78, 5) is 104. The number of aliphatic hydroxyl groups excluding tert-OH is 1. The lowest BCUT2D eigenvalue weighted by atomic mass is 9.44. The maximum atomic E-state index is 17.9. The Morgan fingerprint density at radius 3 is 2.13 bits per heavy atom. The number of amides is 4. The number of ether oxygens (including phenoxy) is 9. The molecule has 0 aromatic heterocycles. The van der Waals surface area contributed by atoms with Crippen LogP contribution in [0.25, 0.3) is 0 Å². The molecular weight excluding hydrogens is 1220 g/mol. The van der Waals surface area contributed by atoms with Crippen molar-refractivity contribution in [2.75, 3.05) is 85.8 Å². The first-order valence-electron chi connectivity index (χ1n) is 33.8. The molecule has 6 N–H and O–H groups in total. The van der Waals surface area contributed by atoms with Crippen LogP contribution in [0.4, 0.5) is 18.4 Å². The molecule has 24 heteroatoms. The third kappa shape index (κ3) is 17.9. The molecule has 8 rings (SSSR count). The monoisotopic (exact) mass is 1320 g/mol. The Labute approximate surface area is 550 Å². The molecule has 1 saturated heterocycles. The topological polar surface area (TPSA) is 302 Å². The van der Waals surface area contributed by atoms with Gasteiger partial charge in [0.05, 0.1) is 90.7 Å². The predicted octanol–water partition coefficient (Wildman–Crippen LogP) is 6.81. The van der Waals surface area contributed by atoms with E-state index in [1.807, 2.05) is 20.8 Å². The Hall–Kier alpha value is -6.04. The van der Waals surface area contributed by atoms with Crippen LogP contribution in [0.15, 0.2) is 48.1 Å². The third-order valence-electron chi connectivity index (χ3n) is 20.5. The van der Waals surface area contributed by atoms with E-state index in [9.17, 15) is 43.5 Å². The van der Waals surface area contributed by atoms with Crippen molar-refractivity contribution in [3.8, 4) is 11.8 Å². The van der Waals surface area contributed by atoms with Gasteiger partial charge in [-0.15, -0.1) is 11.8 Å². The van der Waals surface area contributed by atoms with Crippen LogP contribution in [0.1, 0.15) is 136 Å². The summed E-state index contributed by atoms with van der Waals surface area (Å²) in [6.07, 6.45) is 3.49.